The van der Waals surface area contributed by atoms with Crippen LogP contribution in [-0.4, -0.2) is 14.6 Å². The van der Waals surface area contributed by atoms with Crippen molar-refractivity contribution in [2.24, 2.45) is 5.73 Å². The maximum absolute atomic E-state index is 5.76. The van der Waals surface area contributed by atoms with E-state index < -0.39 is 0 Å². The highest BCUT2D eigenvalue weighted by Gasteiger charge is 2.12. The Hall–Kier alpha value is -1.72. The lowest BCUT2D eigenvalue weighted by atomic mass is 10.2. The predicted octanol–water partition coefficient (Wildman–Crippen LogP) is 2.53. The van der Waals surface area contributed by atoms with Crippen LogP contribution in [0.1, 0.15) is 17.0 Å². The van der Waals surface area contributed by atoms with Crippen molar-refractivity contribution in [1.82, 2.24) is 14.6 Å². The summed E-state index contributed by atoms with van der Waals surface area (Å²) in [4.78, 5) is 5.72. The molecule has 0 aliphatic rings. The average molecular weight is 258 g/mol. The molecule has 0 fully saturated rings. The van der Waals surface area contributed by atoms with E-state index in [0.29, 0.717) is 6.54 Å². The van der Waals surface area contributed by atoms with Crippen LogP contribution in [0.3, 0.4) is 0 Å². The van der Waals surface area contributed by atoms with Gasteiger partial charge in [0.15, 0.2) is 5.65 Å². The van der Waals surface area contributed by atoms with Crippen molar-refractivity contribution in [2.45, 2.75) is 20.4 Å². The minimum absolute atomic E-state index is 0.495. The van der Waals surface area contributed by atoms with Crippen molar-refractivity contribution in [3.8, 4) is 10.6 Å². The highest BCUT2D eigenvalue weighted by atomic mass is 32.1. The minimum atomic E-state index is 0.495. The van der Waals surface area contributed by atoms with E-state index in [2.05, 4.69) is 21.5 Å². The molecule has 3 aromatic rings. The second kappa shape index (κ2) is 4.19. The summed E-state index contributed by atoms with van der Waals surface area (Å²) in [5.74, 6) is 0. The van der Waals surface area contributed by atoms with Gasteiger partial charge in [0.2, 0.25) is 0 Å². The molecule has 0 atom stereocenters. The van der Waals surface area contributed by atoms with Crippen molar-refractivity contribution in [1.29, 1.82) is 0 Å². The molecule has 0 spiro atoms. The van der Waals surface area contributed by atoms with Gasteiger partial charge < -0.3 is 5.73 Å². The summed E-state index contributed by atoms with van der Waals surface area (Å²) < 4.78 is 1.88. The molecule has 2 N–H and O–H groups in total. The zero-order chi connectivity index (χ0) is 12.7. The topological polar surface area (TPSA) is 56.2 Å². The number of aryl methyl sites for hydroxylation is 2. The molecule has 0 saturated heterocycles. The molecule has 3 heterocycles. The molecule has 4 nitrogen and oxygen atoms in total. The molecule has 0 radical (unpaired) electrons. The summed E-state index contributed by atoms with van der Waals surface area (Å²) in [6.07, 6.45) is 0. The first-order chi connectivity index (χ1) is 8.70. The number of fused-ring (bicyclic) bond motifs is 1. The van der Waals surface area contributed by atoms with Crippen molar-refractivity contribution < 1.29 is 0 Å². The maximum atomic E-state index is 5.76. The molecular weight excluding hydrogens is 244 g/mol. The van der Waals surface area contributed by atoms with Gasteiger partial charge in [0.05, 0.1) is 4.88 Å². The molecular formula is C13H14N4S. The lowest BCUT2D eigenvalue weighted by molar-refractivity contribution is 0.845. The Balaban J connectivity index is 2.27. The van der Waals surface area contributed by atoms with Crippen LogP contribution in [0.2, 0.25) is 0 Å². The number of hydrogen-bond acceptors (Lipinski definition) is 4. The lowest BCUT2D eigenvalue weighted by Crippen LogP contribution is -2.09. The molecule has 18 heavy (non-hydrogen) atoms. The first kappa shape index (κ1) is 11.4. The number of rotatable bonds is 2. The third-order valence-electron chi connectivity index (χ3n) is 3.14. The molecule has 0 unspecified atom stereocenters. The van der Waals surface area contributed by atoms with E-state index in [-0.39, 0.29) is 0 Å². The number of hydrogen-bond donors (Lipinski definition) is 1. The fourth-order valence-corrected chi connectivity index (χ4v) is 2.85. The normalized spacial score (nSPS) is 11.3. The summed E-state index contributed by atoms with van der Waals surface area (Å²) >= 11 is 1.68. The molecule has 0 saturated carbocycles. The Labute approximate surface area is 109 Å². The quantitative estimate of drug-likeness (QED) is 0.768. The van der Waals surface area contributed by atoms with Crippen LogP contribution in [-0.2, 0) is 6.54 Å². The van der Waals surface area contributed by atoms with E-state index in [0.717, 1.165) is 33.2 Å². The number of nitrogens with two attached hydrogens (primary N) is 1. The van der Waals surface area contributed by atoms with Crippen LogP contribution in [0, 0.1) is 13.8 Å². The Morgan fingerprint density at radius 3 is 2.89 bits per heavy atom. The molecule has 5 heteroatoms. The monoisotopic (exact) mass is 258 g/mol. The van der Waals surface area contributed by atoms with E-state index in [4.69, 9.17) is 5.73 Å². The van der Waals surface area contributed by atoms with Crippen molar-refractivity contribution in [3.63, 3.8) is 0 Å². The van der Waals surface area contributed by atoms with Gasteiger partial charge in [-0.15, -0.1) is 11.3 Å². The molecule has 0 aliphatic carbocycles. The molecule has 0 amide bonds. The molecule has 0 bridgehead atoms. The third-order valence-corrected chi connectivity index (χ3v) is 4.03. The first-order valence-corrected chi connectivity index (χ1v) is 6.68. The minimum Gasteiger partial charge on any atom is -0.326 e. The predicted molar refractivity (Wildman–Crippen MR) is 73.7 cm³/mol. The van der Waals surface area contributed by atoms with Crippen LogP contribution in [0.5, 0.6) is 0 Å². The van der Waals surface area contributed by atoms with Gasteiger partial charge in [0, 0.05) is 29.6 Å². The summed E-state index contributed by atoms with van der Waals surface area (Å²) in [5, 5.41) is 6.67. The fraction of sp³-hybridized carbons (Fsp3) is 0.231. The molecule has 3 aromatic heterocycles. The van der Waals surface area contributed by atoms with E-state index in [9.17, 15) is 0 Å². The third kappa shape index (κ3) is 1.63. The number of nitrogens with zero attached hydrogens (tertiary/aromatic N) is 3. The summed E-state index contributed by atoms with van der Waals surface area (Å²) in [6, 6.07) is 6.12. The highest BCUT2D eigenvalue weighted by Crippen LogP contribution is 2.25. The Kier molecular flexibility index (Phi) is 2.65. The second-order valence-corrected chi connectivity index (χ2v) is 5.19. The first-order valence-electron chi connectivity index (χ1n) is 5.80. The van der Waals surface area contributed by atoms with Crippen molar-refractivity contribution >= 4 is 17.0 Å². The Morgan fingerprint density at radius 1 is 1.39 bits per heavy atom. The zero-order valence-corrected chi connectivity index (χ0v) is 11.2. The van der Waals surface area contributed by atoms with Crippen LogP contribution in [0.4, 0.5) is 0 Å². The molecule has 3 rings (SSSR count). The van der Waals surface area contributed by atoms with E-state index >= 15 is 0 Å². The number of aromatic nitrogens is 3. The Bertz CT molecular complexity index is 697. The van der Waals surface area contributed by atoms with Crippen LogP contribution in [0.15, 0.2) is 23.6 Å². The Morgan fingerprint density at radius 2 is 2.22 bits per heavy atom. The van der Waals surface area contributed by atoms with Crippen LogP contribution in [0.25, 0.3) is 16.2 Å². The van der Waals surface area contributed by atoms with Gasteiger partial charge in [-0.1, -0.05) is 6.07 Å². The maximum Gasteiger partial charge on any atom is 0.156 e. The van der Waals surface area contributed by atoms with Gasteiger partial charge in [-0.3, -0.25) is 0 Å². The molecule has 92 valence electrons. The average Bonchev–Trinajstić information content (AvgIpc) is 2.96. The van der Waals surface area contributed by atoms with Gasteiger partial charge in [0.25, 0.3) is 0 Å². The van der Waals surface area contributed by atoms with Gasteiger partial charge >= 0.3 is 0 Å². The van der Waals surface area contributed by atoms with E-state index in [1.54, 1.807) is 11.3 Å². The summed E-state index contributed by atoms with van der Waals surface area (Å²) in [5.41, 5.74) is 10.7. The van der Waals surface area contributed by atoms with Gasteiger partial charge in [-0.2, -0.15) is 5.10 Å². The van der Waals surface area contributed by atoms with Crippen molar-refractivity contribution in [2.75, 3.05) is 0 Å². The van der Waals surface area contributed by atoms with Gasteiger partial charge in [0.1, 0.15) is 5.69 Å². The van der Waals surface area contributed by atoms with Crippen LogP contribution < -0.4 is 5.73 Å². The summed E-state index contributed by atoms with van der Waals surface area (Å²) in [6.45, 7) is 4.52. The van der Waals surface area contributed by atoms with Crippen LogP contribution >= 0.6 is 11.3 Å². The summed E-state index contributed by atoms with van der Waals surface area (Å²) in [7, 11) is 0. The smallest absolute Gasteiger partial charge is 0.156 e. The molecule has 0 aliphatic heterocycles. The van der Waals surface area contributed by atoms with Gasteiger partial charge in [-0.25, -0.2) is 9.50 Å². The standard InChI is InChI=1S/C13H14N4S/c1-8-10(7-14)9(2)17-13(15-8)6-11(16-17)12-4-3-5-18-12/h3-6H,7,14H2,1-2H3. The van der Waals surface area contributed by atoms with E-state index in [1.165, 1.54) is 0 Å². The fourth-order valence-electron chi connectivity index (χ4n) is 2.17. The second-order valence-electron chi connectivity index (χ2n) is 4.24. The van der Waals surface area contributed by atoms with Gasteiger partial charge in [-0.05, 0) is 25.3 Å². The largest absolute Gasteiger partial charge is 0.326 e. The lowest BCUT2D eigenvalue weighted by Gasteiger charge is -2.08. The number of thiophene rings is 1. The zero-order valence-electron chi connectivity index (χ0n) is 10.3. The van der Waals surface area contributed by atoms with E-state index in [1.807, 2.05) is 30.5 Å². The highest BCUT2D eigenvalue weighted by molar-refractivity contribution is 7.13. The van der Waals surface area contributed by atoms with Crippen molar-refractivity contribution in [3.05, 3.63) is 40.5 Å². The molecule has 0 aromatic carbocycles. The SMILES string of the molecule is Cc1nc2cc(-c3cccs3)nn2c(C)c1CN.